The summed E-state index contributed by atoms with van der Waals surface area (Å²) in [6, 6.07) is 14.6. The number of carbonyl (C=O) groups excluding carboxylic acids is 1. The van der Waals surface area contributed by atoms with E-state index in [2.05, 4.69) is 35.3 Å². The molecule has 3 rings (SSSR count). The lowest BCUT2D eigenvalue weighted by Crippen LogP contribution is -2.19. The number of isocyanates is 1. The molecule has 0 amide bonds. The van der Waals surface area contributed by atoms with Crippen LogP contribution < -0.4 is 0 Å². The van der Waals surface area contributed by atoms with Gasteiger partial charge in [0, 0.05) is 0 Å². The van der Waals surface area contributed by atoms with E-state index in [1.54, 1.807) is 6.08 Å². The molecule has 18 heavy (non-hydrogen) atoms. The number of hydrogen-bond acceptors (Lipinski definition) is 2. The van der Waals surface area contributed by atoms with Gasteiger partial charge in [-0.1, -0.05) is 55.3 Å². The Hall–Kier alpha value is -1.92. The van der Waals surface area contributed by atoms with Gasteiger partial charge < -0.3 is 0 Å². The lowest BCUT2D eigenvalue weighted by Gasteiger charge is -2.24. The second kappa shape index (κ2) is 4.40. The maximum atomic E-state index is 10.8. The zero-order valence-corrected chi connectivity index (χ0v) is 10.2. The summed E-state index contributed by atoms with van der Waals surface area (Å²) in [4.78, 5) is 15.0. The highest BCUT2D eigenvalue weighted by Crippen LogP contribution is 2.44. The van der Waals surface area contributed by atoms with E-state index < -0.39 is 0 Å². The highest BCUT2D eigenvalue weighted by molar-refractivity contribution is 5.86. The van der Waals surface area contributed by atoms with Crippen LogP contribution in [0.5, 0.6) is 0 Å². The van der Waals surface area contributed by atoms with Crippen molar-refractivity contribution >= 4 is 16.9 Å². The van der Waals surface area contributed by atoms with Crippen molar-refractivity contribution in [2.45, 2.75) is 31.2 Å². The summed E-state index contributed by atoms with van der Waals surface area (Å²) in [5.41, 5.74) is 0.851. The molecule has 0 saturated heterocycles. The third-order valence-corrected chi connectivity index (χ3v) is 3.98. The van der Waals surface area contributed by atoms with Crippen LogP contribution in [0.4, 0.5) is 0 Å². The Morgan fingerprint density at radius 2 is 1.72 bits per heavy atom. The summed E-state index contributed by atoms with van der Waals surface area (Å²) in [6.07, 6.45) is 5.96. The summed E-state index contributed by atoms with van der Waals surface area (Å²) in [6.45, 7) is 0. The van der Waals surface area contributed by atoms with Crippen LogP contribution in [0.3, 0.4) is 0 Å². The first-order chi connectivity index (χ1) is 8.86. The fourth-order valence-corrected chi connectivity index (χ4v) is 3.12. The van der Waals surface area contributed by atoms with Gasteiger partial charge in [0.15, 0.2) is 0 Å². The fraction of sp³-hybridized carbons (Fsp3) is 0.312. The zero-order chi connectivity index (χ0) is 12.4. The normalized spacial score (nSPS) is 17.6. The first-order valence-electron chi connectivity index (χ1n) is 6.43. The van der Waals surface area contributed by atoms with Crippen molar-refractivity contribution in [3.05, 3.63) is 48.0 Å². The van der Waals surface area contributed by atoms with Gasteiger partial charge in [0.05, 0.1) is 5.54 Å². The molecule has 0 heterocycles. The molecule has 2 aromatic rings. The topological polar surface area (TPSA) is 29.4 Å². The van der Waals surface area contributed by atoms with E-state index in [4.69, 9.17) is 0 Å². The SMILES string of the molecule is O=C=NC1(c2cccc3ccccc23)CCCC1. The summed E-state index contributed by atoms with van der Waals surface area (Å²) in [7, 11) is 0. The average Bonchev–Trinajstić information content (AvgIpc) is 2.88. The van der Waals surface area contributed by atoms with Crippen LogP contribution in [-0.2, 0) is 10.3 Å². The van der Waals surface area contributed by atoms with Gasteiger partial charge in [-0.25, -0.2) is 4.79 Å². The molecule has 0 aliphatic heterocycles. The number of aliphatic imine (C=N–C) groups is 1. The number of hydrogen-bond donors (Lipinski definition) is 0. The van der Waals surface area contributed by atoms with Gasteiger partial charge >= 0.3 is 0 Å². The van der Waals surface area contributed by atoms with E-state index in [0.717, 1.165) is 25.7 Å². The van der Waals surface area contributed by atoms with E-state index >= 15 is 0 Å². The van der Waals surface area contributed by atoms with Crippen LogP contribution in [-0.4, -0.2) is 6.08 Å². The minimum absolute atomic E-state index is 0.331. The standard InChI is InChI=1S/C16H15NO/c18-12-17-16(10-3-4-11-16)15-9-5-7-13-6-1-2-8-14(13)15/h1-2,5-9H,3-4,10-11H2. The molecule has 0 atom stereocenters. The highest BCUT2D eigenvalue weighted by atomic mass is 16.1. The van der Waals surface area contributed by atoms with Crippen molar-refractivity contribution in [1.29, 1.82) is 0 Å². The van der Waals surface area contributed by atoms with Crippen molar-refractivity contribution in [2.24, 2.45) is 4.99 Å². The molecule has 1 saturated carbocycles. The van der Waals surface area contributed by atoms with Crippen molar-refractivity contribution < 1.29 is 4.79 Å². The Morgan fingerprint density at radius 3 is 2.50 bits per heavy atom. The minimum atomic E-state index is -0.331. The first-order valence-corrected chi connectivity index (χ1v) is 6.43. The Balaban J connectivity index is 2.27. The van der Waals surface area contributed by atoms with Crippen LogP contribution in [0.15, 0.2) is 47.5 Å². The van der Waals surface area contributed by atoms with E-state index in [-0.39, 0.29) is 5.54 Å². The number of benzene rings is 2. The monoisotopic (exact) mass is 237 g/mol. The predicted molar refractivity (Wildman–Crippen MR) is 72.2 cm³/mol. The molecule has 2 nitrogen and oxygen atoms in total. The minimum Gasteiger partial charge on any atom is -0.211 e. The second-order valence-corrected chi connectivity index (χ2v) is 4.97. The van der Waals surface area contributed by atoms with E-state index in [9.17, 15) is 4.79 Å². The van der Waals surface area contributed by atoms with Gasteiger partial charge in [0.25, 0.3) is 0 Å². The van der Waals surface area contributed by atoms with E-state index in [0.29, 0.717) is 0 Å². The maximum absolute atomic E-state index is 10.8. The van der Waals surface area contributed by atoms with Gasteiger partial charge in [-0.15, -0.1) is 0 Å². The van der Waals surface area contributed by atoms with Crippen molar-refractivity contribution in [2.75, 3.05) is 0 Å². The molecule has 0 aromatic heterocycles. The Morgan fingerprint density at radius 1 is 1.00 bits per heavy atom. The van der Waals surface area contributed by atoms with Gasteiger partial charge in [-0.2, -0.15) is 4.99 Å². The molecule has 0 N–H and O–H groups in total. The van der Waals surface area contributed by atoms with Crippen LogP contribution in [0, 0.1) is 0 Å². The molecule has 2 heteroatoms. The lowest BCUT2D eigenvalue weighted by molar-refractivity contribution is 0.459. The van der Waals surface area contributed by atoms with Crippen molar-refractivity contribution in [3.63, 3.8) is 0 Å². The summed E-state index contributed by atoms with van der Waals surface area (Å²) < 4.78 is 0. The van der Waals surface area contributed by atoms with Gasteiger partial charge in [-0.3, -0.25) is 0 Å². The zero-order valence-electron chi connectivity index (χ0n) is 10.2. The average molecular weight is 237 g/mol. The van der Waals surface area contributed by atoms with E-state index in [1.165, 1.54) is 16.3 Å². The summed E-state index contributed by atoms with van der Waals surface area (Å²) in [5, 5.41) is 2.42. The number of fused-ring (bicyclic) bond motifs is 1. The fourth-order valence-electron chi connectivity index (χ4n) is 3.12. The van der Waals surface area contributed by atoms with Gasteiger partial charge in [0.2, 0.25) is 6.08 Å². The Labute approximate surface area is 106 Å². The maximum Gasteiger partial charge on any atom is 0.235 e. The van der Waals surface area contributed by atoms with Crippen molar-refractivity contribution in [1.82, 2.24) is 0 Å². The van der Waals surface area contributed by atoms with Crippen LogP contribution in [0.25, 0.3) is 10.8 Å². The molecule has 0 unspecified atom stereocenters. The third kappa shape index (κ3) is 1.66. The largest absolute Gasteiger partial charge is 0.235 e. The molecular formula is C16H15NO. The smallest absolute Gasteiger partial charge is 0.211 e. The molecule has 1 aliphatic carbocycles. The number of rotatable bonds is 2. The molecule has 0 radical (unpaired) electrons. The predicted octanol–water partition coefficient (Wildman–Crippen LogP) is 3.94. The van der Waals surface area contributed by atoms with Gasteiger partial charge in [-0.05, 0) is 29.2 Å². The van der Waals surface area contributed by atoms with Gasteiger partial charge in [0.1, 0.15) is 0 Å². The van der Waals surface area contributed by atoms with Crippen molar-refractivity contribution in [3.8, 4) is 0 Å². The summed E-state index contributed by atoms with van der Waals surface area (Å²) in [5.74, 6) is 0. The quantitative estimate of drug-likeness (QED) is 0.574. The second-order valence-electron chi connectivity index (χ2n) is 4.97. The Bertz CT molecular complexity index is 615. The molecular weight excluding hydrogens is 222 g/mol. The third-order valence-electron chi connectivity index (χ3n) is 3.98. The van der Waals surface area contributed by atoms with Crippen LogP contribution in [0.2, 0.25) is 0 Å². The Kier molecular flexibility index (Phi) is 2.73. The number of nitrogens with zero attached hydrogens (tertiary/aromatic N) is 1. The lowest BCUT2D eigenvalue weighted by atomic mass is 9.85. The van der Waals surface area contributed by atoms with Crippen LogP contribution >= 0.6 is 0 Å². The summed E-state index contributed by atoms with van der Waals surface area (Å²) >= 11 is 0. The highest BCUT2D eigenvalue weighted by Gasteiger charge is 2.36. The molecule has 2 aromatic carbocycles. The van der Waals surface area contributed by atoms with E-state index in [1.807, 2.05) is 12.1 Å². The molecule has 1 fully saturated rings. The molecule has 1 aliphatic rings. The first kappa shape index (κ1) is 11.2. The molecule has 90 valence electrons. The van der Waals surface area contributed by atoms with Crippen LogP contribution in [0.1, 0.15) is 31.2 Å². The molecule has 0 spiro atoms. The molecule has 0 bridgehead atoms.